The lowest BCUT2D eigenvalue weighted by molar-refractivity contribution is -0.141. The van der Waals surface area contributed by atoms with Gasteiger partial charge >= 0.3 is 5.97 Å². The molecule has 204 valence electrons. The minimum absolute atomic E-state index is 0.225. The molecule has 1 heterocycles. The van der Waals surface area contributed by atoms with E-state index in [4.69, 9.17) is 14.2 Å². The number of hydrogen-bond acceptors (Lipinski definition) is 6. The van der Waals surface area contributed by atoms with Crippen molar-refractivity contribution >= 4 is 48.0 Å². The Kier molecular flexibility index (Phi) is 12.9. The van der Waals surface area contributed by atoms with Crippen LogP contribution in [0.2, 0.25) is 25.7 Å². The highest BCUT2D eigenvalue weighted by Gasteiger charge is 2.54. The number of allylic oxidation sites excluding steroid dienone is 1. The normalized spacial score (nSPS) is 16.8. The van der Waals surface area contributed by atoms with Crippen molar-refractivity contribution in [2.75, 3.05) is 37.6 Å². The lowest BCUT2D eigenvalue weighted by Crippen LogP contribution is -2.64. The van der Waals surface area contributed by atoms with E-state index in [2.05, 4.69) is 48.3 Å². The van der Waals surface area contributed by atoms with Crippen molar-refractivity contribution in [2.24, 2.45) is 0 Å². The van der Waals surface area contributed by atoms with Gasteiger partial charge in [-0.25, -0.2) is 0 Å². The smallest absolute Gasteiger partial charge is 0.310 e. The summed E-state index contributed by atoms with van der Waals surface area (Å²) in [4.78, 5) is 12.2. The highest BCUT2D eigenvalue weighted by Crippen LogP contribution is 2.41. The monoisotopic (exact) mass is 649 g/mol. The Morgan fingerprint density at radius 2 is 1.89 bits per heavy atom. The molecular weight excluding hydrogens is 605 g/mol. The Balaban J connectivity index is 2.07. The molecule has 36 heavy (non-hydrogen) atoms. The average molecular weight is 650 g/mol. The molecule has 0 aliphatic carbocycles. The van der Waals surface area contributed by atoms with Gasteiger partial charge in [-0.1, -0.05) is 83.0 Å². The molecule has 1 aromatic carbocycles. The number of unbranched alkanes of at least 4 members (excludes halogenated alkanes) is 1. The first-order valence-electron chi connectivity index (χ1n) is 12.7. The second-order valence-corrected chi connectivity index (χ2v) is 20.3. The summed E-state index contributed by atoms with van der Waals surface area (Å²) in [5, 5.41) is 0. The number of alkyl halides is 1. The van der Waals surface area contributed by atoms with Gasteiger partial charge < -0.3 is 18.8 Å². The molecule has 0 bridgehead atoms. The van der Waals surface area contributed by atoms with E-state index >= 15 is 0 Å². The van der Waals surface area contributed by atoms with Crippen LogP contribution in [0.15, 0.2) is 36.4 Å². The van der Waals surface area contributed by atoms with E-state index in [1.807, 2.05) is 55.4 Å². The summed E-state index contributed by atoms with van der Waals surface area (Å²) in [7, 11) is -1.22. The largest absolute Gasteiger partial charge is 0.597 e. The molecule has 0 radical (unpaired) electrons. The van der Waals surface area contributed by atoms with Gasteiger partial charge in [0.05, 0.1) is 19.6 Å². The maximum atomic E-state index is 13.6. The van der Waals surface area contributed by atoms with Crippen LogP contribution < -0.4 is 0 Å². The van der Waals surface area contributed by atoms with Gasteiger partial charge in [0.15, 0.2) is 0 Å². The first-order valence-corrected chi connectivity index (χ1v) is 19.0. The van der Waals surface area contributed by atoms with Crippen molar-refractivity contribution in [3.63, 3.8) is 0 Å². The third kappa shape index (κ3) is 10.0. The van der Waals surface area contributed by atoms with Crippen molar-refractivity contribution < 1.29 is 23.6 Å². The first kappa shape index (κ1) is 31.8. The van der Waals surface area contributed by atoms with Crippen LogP contribution in [0.3, 0.4) is 0 Å². The van der Waals surface area contributed by atoms with Crippen molar-refractivity contribution in [3.05, 3.63) is 47.5 Å². The van der Waals surface area contributed by atoms with E-state index in [0.717, 1.165) is 34.4 Å². The zero-order valence-corrected chi connectivity index (χ0v) is 26.8. The molecule has 1 atom stereocenters. The average Bonchev–Trinajstić information content (AvgIpc) is 2.76. The fourth-order valence-corrected chi connectivity index (χ4v) is 6.17. The van der Waals surface area contributed by atoms with Crippen LogP contribution in [0.5, 0.6) is 0 Å². The lowest BCUT2D eigenvalue weighted by atomic mass is 9.87. The molecule has 1 aliphatic heterocycles. The predicted octanol–water partition coefficient (Wildman–Crippen LogP) is 5.85. The number of nitrogens with zero attached hydrogens (tertiary/aromatic N) is 1. The molecule has 0 amide bonds. The van der Waals surface area contributed by atoms with Crippen LogP contribution in [0.1, 0.15) is 44.7 Å². The van der Waals surface area contributed by atoms with E-state index in [0.29, 0.717) is 26.4 Å². The van der Waals surface area contributed by atoms with Crippen molar-refractivity contribution in [1.29, 1.82) is 0 Å². The molecule has 0 saturated carbocycles. The fourth-order valence-electron chi connectivity index (χ4n) is 3.61. The number of hydrogen-bond donors (Lipinski definition) is 0. The van der Waals surface area contributed by atoms with Crippen LogP contribution in [0, 0.1) is 0 Å². The third-order valence-corrected chi connectivity index (χ3v) is 10.3. The molecule has 2 rings (SSSR count). The van der Waals surface area contributed by atoms with Gasteiger partial charge in [-0.3, -0.25) is 4.79 Å². The maximum absolute atomic E-state index is 13.6. The third-order valence-electron chi connectivity index (χ3n) is 5.94. The number of ether oxygens (including phenoxy) is 3. The van der Waals surface area contributed by atoms with Crippen molar-refractivity contribution in [3.8, 4) is 0 Å². The predicted molar refractivity (Wildman–Crippen MR) is 160 cm³/mol. The minimum Gasteiger partial charge on any atom is -0.597 e. The summed E-state index contributed by atoms with van der Waals surface area (Å²) in [6.45, 7) is 15.1. The van der Waals surface area contributed by atoms with Gasteiger partial charge in [0, 0.05) is 26.0 Å². The van der Waals surface area contributed by atoms with Crippen LogP contribution in [0.4, 0.5) is 0 Å². The van der Waals surface area contributed by atoms with Gasteiger partial charge in [-0.2, -0.15) is 0 Å². The molecule has 0 N–H and O–H groups in total. The second kappa shape index (κ2) is 14.6. The topological polar surface area (TPSA) is 71.1 Å². The summed E-state index contributed by atoms with van der Waals surface area (Å²) in [5.74, 6) is -0.241. The summed E-state index contributed by atoms with van der Waals surface area (Å²) < 4.78 is 33.3. The molecule has 9 heteroatoms. The Hall–Kier alpha value is -0.433. The van der Waals surface area contributed by atoms with Gasteiger partial charge in [0.25, 0.3) is 0 Å². The summed E-state index contributed by atoms with van der Waals surface area (Å²) in [5.41, 5.74) is 1.40. The molecule has 1 aliphatic rings. The van der Waals surface area contributed by atoms with Gasteiger partial charge in [0.2, 0.25) is 0 Å². The van der Waals surface area contributed by atoms with Crippen LogP contribution in [-0.2, 0) is 42.3 Å². The highest BCUT2D eigenvalue weighted by molar-refractivity contribution is 14.1. The summed E-state index contributed by atoms with van der Waals surface area (Å²) >= 11 is 1.07. The van der Waals surface area contributed by atoms with E-state index in [-0.39, 0.29) is 19.1 Å². The van der Waals surface area contributed by atoms with E-state index < -0.39 is 29.7 Å². The first-order chi connectivity index (χ1) is 16.9. The van der Waals surface area contributed by atoms with Gasteiger partial charge in [-0.15, -0.1) is 0 Å². The minimum atomic E-state index is -1.28. The molecule has 1 fully saturated rings. The van der Waals surface area contributed by atoms with Gasteiger partial charge in [0.1, 0.15) is 23.6 Å². The second-order valence-electron chi connectivity index (χ2n) is 11.5. The van der Waals surface area contributed by atoms with E-state index in [9.17, 15) is 9.35 Å². The SMILES string of the molecule is CC(C)(C)[S+]([O-])N(COCC[Si](C)(C)C)C1(c2ccc(CC(=O)OC/C=C/CCCI)cc2)COC1. The zero-order valence-electron chi connectivity index (χ0n) is 22.8. The maximum Gasteiger partial charge on any atom is 0.310 e. The Morgan fingerprint density at radius 1 is 1.22 bits per heavy atom. The standard InChI is InChI=1S/C27H44INO5SSi/c1-26(2,3)35(31)29(22-32-17-18-36(4,5)6)27(20-33-21-27)24-13-11-23(12-14-24)19-25(30)34-16-10-8-7-9-15-28/h8,10-14H,7,9,15-22H2,1-6H3/b10-8+. The number of esters is 1. The Labute approximate surface area is 236 Å². The number of carbonyl (C=O) groups excluding carboxylic acids is 1. The van der Waals surface area contributed by atoms with E-state index in [1.165, 1.54) is 0 Å². The highest BCUT2D eigenvalue weighted by atomic mass is 127. The molecule has 6 nitrogen and oxygen atoms in total. The quantitative estimate of drug-likeness (QED) is 0.0348. The Morgan fingerprint density at radius 3 is 2.42 bits per heavy atom. The molecule has 1 saturated heterocycles. The molecule has 1 unspecified atom stereocenters. The van der Waals surface area contributed by atoms with Crippen LogP contribution >= 0.6 is 22.6 Å². The molecule has 0 aromatic heterocycles. The molecular formula is C27H44INO5SSi. The van der Waals surface area contributed by atoms with Gasteiger partial charge in [-0.05, 0) is 55.2 Å². The number of rotatable bonds is 15. The molecule has 0 spiro atoms. The Bertz CT molecular complexity index is 834. The van der Waals surface area contributed by atoms with E-state index in [1.54, 1.807) is 0 Å². The van der Waals surface area contributed by atoms with Crippen LogP contribution in [-0.4, -0.2) is 65.2 Å². The lowest BCUT2D eigenvalue weighted by Gasteiger charge is -2.50. The summed E-state index contributed by atoms with van der Waals surface area (Å²) in [6.07, 6.45) is 6.33. The fraction of sp³-hybridized carbons (Fsp3) is 0.667. The zero-order chi connectivity index (χ0) is 26.8. The summed E-state index contributed by atoms with van der Waals surface area (Å²) in [6, 6.07) is 9.01. The van der Waals surface area contributed by atoms with Crippen LogP contribution in [0.25, 0.3) is 0 Å². The molecule has 1 aromatic rings. The number of halogens is 1. The number of carbonyl (C=O) groups is 1. The number of benzene rings is 1. The van der Waals surface area contributed by atoms with Crippen molar-refractivity contribution in [1.82, 2.24) is 4.31 Å². The van der Waals surface area contributed by atoms with Crippen molar-refractivity contribution in [2.45, 2.75) is 76.0 Å².